The van der Waals surface area contributed by atoms with Gasteiger partial charge < -0.3 is 15.0 Å². The number of methoxy groups -OCH3 is 1. The van der Waals surface area contributed by atoms with Gasteiger partial charge in [0.25, 0.3) is 5.91 Å². The van der Waals surface area contributed by atoms with E-state index in [9.17, 15) is 9.59 Å². The van der Waals surface area contributed by atoms with Crippen molar-refractivity contribution in [2.75, 3.05) is 33.9 Å². The maximum Gasteiger partial charge on any atom is 0.254 e. The summed E-state index contributed by atoms with van der Waals surface area (Å²) in [5.41, 5.74) is 0.582. The van der Waals surface area contributed by atoms with Crippen molar-refractivity contribution in [3.8, 4) is 0 Å². The van der Waals surface area contributed by atoms with Gasteiger partial charge in [-0.3, -0.25) is 9.59 Å². The van der Waals surface area contributed by atoms with Crippen LogP contribution in [-0.4, -0.2) is 50.6 Å². The van der Waals surface area contributed by atoms with Crippen molar-refractivity contribution >= 4 is 34.4 Å². The number of hydrogen-bond acceptors (Lipinski definition) is 3. The van der Waals surface area contributed by atoms with Crippen LogP contribution in [0.25, 0.3) is 0 Å². The third-order valence-corrected chi connectivity index (χ3v) is 3.10. The standard InChI is InChI=1S/C13H17IN2O3/c1-16(9-12(17)15-6-7-19-2)13(18)10-4-3-5-11(14)8-10/h3-5,8H,6-7,9H2,1-2H3,(H,15,17). The maximum atomic E-state index is 12.1. The molecule has 0 radical (unpaired) electrons. The van der Waals surface area contributed by atoms with Crippen LogP contribution in [0.3, 0.4) is 0 Å². The quantitative estimate of drug-likeness (QED) is 0.598. The molecule has 0 aromatic heterocycles. The predicted molar refractivity (Wildman–Crippen MR) is 81.0 cm³/mol. The van der Waals surface area contributed by atoms with Crippen LogP contribution in [0.2, 0.25) is 0 Å². The van der Waals surface area contributed by atoms with E-state index in [-0.39, 0.29) is 18.4 Å². The van der Waals surface area contributed by atoms with Gasteiger partial charge in [0.2, 0.25) is 5.91 Å². The molecule has 6 heteroatoms. The number of likely N-dealkylation sites (N-methyl/N-ethyl adjacent to an activating group) is 1. The van der Waals surface area contributed by atoms with Crippen molar-refractivity contribution in [2.45, 2.75) is 0 Å². The van der Waals surface area contributed by atoms with Crippen molar-refractivity contribution < 1.29 is 14.3 Å². The second-order valence-corrected chi connectivity index (χ2v) is 5.26. The molecule has 0 aliphatic heterocycles. The summed E-state index contributed by atoms with van der Waals surface area (Å²) in [6.45, 7) is 0.939. The first-order valence-corrected chi connectivity index (χ1v) is 6.89. The molecule has 0 atom stereocenters. The van der Waals surface area contributed by atoms with Crippen LogP contribution in [0, 0.1) is 3.57 Å². The number of nitrogens with zero attached hydrogens (tertiary/aromatic N) is 1. The van der Waals surface area contributed by atoms with Gasteiger partial charge in [0.05, 0.1) is 13.2 Å². The zero-order chi connectivity index (χ0) is 14.3. The fraction of sp³-hybridized carbons (Fsp3) is 0.385. The molecular formula is C13H17IN2O3. The van der Waals surface area contributed by atoms with Crippen molar-refractivity contribution in [1.82, 2.24) is 10.2 Å². The molecule has 0 unspecified atom stereocenters. The summed E-state index contributed by atoms with van der Waals surface area (Å²) < 4.78 is 5.82. The highest BCUT2D eigenvalue weighted by Gasteiger charge is 2.14. The number of amides is 2. The molecule has 0 heterocycles. The molecule has 0 fully saturated rings. The van der Waals surface area contributed by atoms with E-state index in [1.807, 2.05) is 12.1 Å². The summed E-state index contributed by atoms with van der Waals surface area (Å²) in [5, 5.41) is 2.67. The number of ether oxygens (including phenoxy) is 1. The molecule has 19 heavy (non-hydrogen) atoms. The normalized spacial score (nSPS) is 10.1. The van der Waals surface area contributed by atoms with Crippen molar-refractivity contribution in [3.63, 3.8) is 0 Å². The third-order valence-electron chi connectivity index (χ3n) is 2.43. The van der Waals surface area contributed by atoms with Crippen molar-refractivity contribution in [2.24, 2.45) is 0 Å². The summed E-state index contributed by atoms with van der Waals surface area (Å²) in [7, 11) is 3.18. The molecule has 0 saturated heterocycles. The Hall–Kier alpha value is -1.15. The van der Waals surface area contributed by atoms with Gasteiger partial charge >= 0.3 is 0 Å². The molecule has 0 aliphatic rings. The Kier molecular flexibility index (Phi) is 6.79. The molecule has 0 bridgehead atoms. The molecule has 1 aromatic carbocycles. The number of carbonyl (C=O) groups excluding carboxylic acids is 2. The second-order valence-electron chi connectivity index (χ2n) is 4.01. The minimum absolute atomic E-state index is 0.0357. The van der Waals surface area contributed by atoms with E-state index in [1.165, 1.54) is 4.90 Å². The predicted octanol–water partition coefficient (Wildman–Crippen LogP) is 1.13. The molecule has 0 spiro atoms. The Balaban J connectivity index is 2.51. The zero-order valence-electron chi connectivity index (χ0n) is 11.0. The van der Waals surface area contributed by atoms with Gasteiger partial charge in [0.1, 0.15) is 0 Å². The first kappa shape index (κ1) is 15.9. The highest BCUT2D eigenvalue weighted by atomic mass is 127. The lowest BCUT2D eigenvalue weighted by molar-refractivity contribution is -0.121. The highest BCUT2D eigenvalue weighted by molar-refractivity contribution is 14.1. The lowest BCUT2D eigenvalue weighted by atomic mass is 10.2. The van der Waals surface area contributed by atoms with Gasteiger partial charge in [-0.05, 0) is 40.8 Å². The largest absolute Gasteiger partial charge is 0.383 e. The molecular weight excluding hydrogens is 359 g/mol. The van der Waals surface area contributed by atoms with E-state index in [0.717, 1.165) is 3.57 Å². The maximum absolute atomic E-state index is 12.1. The van der Waals surface area contributed by atoms with Crippen LogP contribution in [0.1, 0.15) is 10.4 Å². The van der Waals surface area contributed by atoms with E-state index in [0.29, 0.717) is 18.7 Å². The fourth-order valence-electron chi connectivity index (χ4n) is 1.48. The Bertz CT molecular complexity index is 451. The van der Waals surface area contributed by atoms with Crippen LogP contribution >= 0.6 is 22.6 Å². The van der Waals surface area contributed by atoms with Gasteiger partial charge in [0, 0.05) is 29.8 Å². The Morgan fingerprint density at radius 1 is 1.42 bits per heavy atom. The molecule has 1 N–H and O–H groups in total. The SMILES string of the molecule is COCCNC(=O)CN(C)C(=O)c1cccc(I)c1. The van der Waals surface area contributed by atoms with Crippen LogP contribution in [-0.2, 0) is 9.53 Å². The lowest BCUT2D eigenvalue weighted by Gasteiger charge is -2.17. The number of rotatable bonds is 6. The van der Waals surface area contributed by atoms with Crippen LogP contribution in [0.5, 0.6) is 0 Å². The Morgan fingerprint density at radius 2 is 2.16 bits per heavy atom. The minimum Gasteiger partial charge on any atom is -0.383 e. The van der Waals surface area contributed by atoms with E-state index in [1.54, 1.807) is 26.3 Å². The van der Waals surface area contributed by atoms with E-state index < -0.39 is 0 Å². The molecule has 5 nitrogen and oxygen atoms in total. The monoisotopic (exact) mass is 376 g/mol. The summed E-state index contributed by atoms with van der Waals surface area (Å²) in [6.07, 6.45) is 0. The van der Waals surface area contributed by atoms with Gasteiger partial charge in [-0.2, -0.15) is 0 Å². The molecule has 1 aromatic rings. The van der Waals surface area contributed by atoms with E-state index in [2.05, 4.69) is 27.9 Å². The lowest BCUT2D eigenvalue weighted by Crippen LogP contribution is -2.39. The van der Waals surface area contributed by atoms with E-state index in [4.69, 9.17) is 4.74 Å². The topological polar surface area (TPSA) is 58.6 Å². The van der Waals surface area contributed by atoms with Crippen LogP contribution in [0.4, 0.5) is 0 Å². The average Bonchev–Trinajstić information content (AvgIpc) is 2.38. The number of halogens is 1. The average molecular weight is 376 g/mol. The van der Waals surface area contributed by atoms with Crippen molar-refractivity contribution in [3.05, 3.63) is 33.4 Å². The third kappa shape index (κ3) is 5.56. The van der Waals surface area contributed by atoms with Gasteiger partial charge in [-0.1, -0.05) is 6.07 Å². The zero-order valence-corrected chi connectivity index (χ0v) is 13.1. The first-order chi connectivity index (χ1) is 9.04. The molecule has 2 amide bonds. The van der Waals surface area contributed by atoms with E-state index >= 15 is 0 Å². The summed E-state index contributed by atoms with van der Waals surface area (Å²) >= 11 is 2.15. The summed E-state index contributed by atoms with van der Waals surface area (Å²) in [6, 6.07) is 7.27. The Labute approximate surface area is 126 Å². The van der Waals surface area contributed by atoms with Gasteiger partial charge in [-0.25, -0.2) is 0 Å². The Morgan fingerprint density at radius 3 is 2.79 bits per heavy atom. The van der Waals surface area contributed by atoms with Crippen molar-refractivity contribution in [1.29, 1.82) is 0 Å². The molecule has 1 rings (SSSR count). The first-order valence-electron chi connectivity index (χ1n) is 5.81. The molecule has 0 aliphatic carbocycles. The van der Waals surface area contributed by atoms with Crippen LogP contribution < -0.4 is 5.32 Å². The number of hydrogen-bond donors (Lipinski definition) is 1. The molecule has 0 saturated carbocycles. The minimum atomic E-state index is -0.196. The number of benzene rings is 1. The number of carbonyl (C=O) groups is 2. The summed E-state index contributed by atoms with van der Waals surface area (Å²) in [4.78, 5) is 25.0. The fourth-order valence-corrected chi connectivity index (χ4v) is 2.02. The smallest absolute Gasteiger partial charge is 0.254 e. The highest BCUT2D eigenvalue weighted by Crippen LogP contribution is 2.09. The van der Waals surface area contributed by atoms with Crippen LogP contribution in [0.15, 0.2) is 24.3 Å². The molecule has 104 valence electrons. The number of nitrogens with one attached hydrogen (secondary N) is 1. The second kappa shape index (κ2) is 8.11. The van der Waals surface area contributed by atoms with Gasteiger partial charge in [-0.15, -0.1) is 0 Å². The summed E-state index contributed by atoms with van der Waals surface area (Å²) in [5.74, 6) is -0.362. The van der Waals surface area contributed by atoms with Gasteiger partial charge in [0.15, 0.2) is 0 Å².